The fourth-order valence-electron chi connectivity index (χ4n) is 5.08. The van der Waals surface area contributed by atoms with Gasteiger partial charge in [-0.15, -0.1) is 0 Å². The van der Waals surface area contributed by atoms with Crippen LogP contribution >= 0.6 is 0 Å². The molecule has 0 radical (unpaired) electrons. The lowest BCUT2D eigenvalue weighted by molar-refractivity contribution is -0.164. The van der Waals surface area contributed by atoms with E-state index < -0.39 is 0 Å². The van der Waals surface area contributed by atoms with Crippen LogP contribution in [0.5, 0.6) is 0 Å². The third kappa shape index (κ3) is 2.67. The summed E-state index contributed by atoms with van der Waals surface area (Å²) in [5.41, 5.74) is 8.24. The van der Waals surface area contributed by atoms with Gasteiger partial charge in [0.2, 0.25) is 0 Å². The van der Waals surface area contributed by atoms with Crippen molar-refractivity contribution in [2.24, 2.45) is 5.41 Å². The molecule has 4 aliphatic rings. The van der Waals surface area contributed by atoms with Gasteiger partial charge in [-0.3, -0.25) is 15.3 Å². The Bertz CT molecular complexity index is 1080. The fraction of sp³-hybridized carbons (Fsp3) is 0.500. The summed E-state index contributed by atoms with van der Waals surface area (Å²) in [6.45, 7) is 2.45. The van der Waals surface area contributed by atoms with Crippen LogP contribution < -0.4 is 15.8 Å². The van der Waals surface area contributed by atoms with Gasteiger partial charge >= 0.3 is 0 Å². The van der Waals surface area contributed by atoms with Gasteiger partial charge in [0.1, 0.15) is 17.7 Å². The van der Waals surface area contributed by atoms with Crippen molar-refractivity contribution in [1.29, 1.82) is 0 Å². The van der Waals surface area contributed by atoms with Crippen molar-refractivity contribution in [1.82, 2.24) is 30.7 Å². The van der Waals surface area contributed by atoms with Crippen LogP contribution in [0.4, 0.5) is 5.82 Å². The highest BCUT2D eigenvalue weighted by Gasteiger charge is 2.53. The molecule has 3 fully saturated rings. The Hall–Kier alpha value is -2.55. The van der Waals surface area contributed by atoms with E-state index in [0.717, 1.165) is 60.1 Å². The highest BCUT2D eigenvalue weighted by atomic mass is 16.5. The molecule has 30 heavy (non-hydrogen) atoms. The lowest BCUT2D eigenvalue weighted by Crippen LogP contribution is -2.62. The summed E-state index contributed by atoms with van der Waals surface area (Å²) in [6.07, 6.45) is 6.69. The normalized spacial score (nSPS) is 24.8. The molecule has 0 bridgehead atoms. The molecule has 1 saturated heterocycles. The van der Waals surface area contributed by atoms with E-state index in [9.17, 15) is 0 Å². The fourth-order valence-corrected chi connectivity index (χ4v) is 5.08. The second-order valence-corrected chi connectivity index (χ2v) is 9.35. The minimum Gasteiger partial charge on any atom is -0.380 e. The highest BCUT2D eigenvalue weighted by molar-refractivity contribution is 5.74. The lowest BCUT2D eigenvalue weighted by Gasteiger charge is -2.55. The summed E-state index contributed by atoms with van der Waals surface area (Å²) in [5.74, 6) is 2.52. The molecule has 2 aliphatic carbocycles. The zero-order valence-electron chi connectivity index (χ0n) is 16.8. The Balaban J connectivity index is 1.13. The van der Waals surface area contributed by atoms with E-state index in [1.807, 2.05) is 24.4 Å². The molecule has 1 unspecified atom stereocenters. The van der Waals surface area contributed by atoms with Crippen molar-refractivity contribution in [3.8, 4) is 0 Å². The molecule has 7 rings (SSSR count). The minimum atomic E-state index is -0.0665. The number of aromatic amines is 1. The van der Waals surface area contributed by atoms with Crippen LogP contribution in [0.3, 0.4) is 0 Å². The van der Waals surface area contributed by atoms with Gasteiger partial charge in [0, 0.05) is 23.6 Å². The predicted molar refractivity (Wildman–Crippen MR) is 112 cm³/mol. The number of benzene rings is 1. The van der Waals surface area contributed by atoms with Crippen molar-refractivity contribution in [3.05, 3.63) is 47.7 Å². The topological polar surface area (TPSA) is 91.0 Å². The van der Waals surface area contributed by atoms with Gasteiger partial charge in [0.25, 0.3) is 0 Å². The first-order valence-corrected chi connectivity index (χ1v) is 10.9. The molecule has 8 nitrogen and oxygen atoms in total. The second kappa shape index (κ2) is 6.23. The van der Waals surface area contributed by atoms with Crippen LogP contribution in [0.1, 0.15) is 55.0 Å². The maximum atomic E-state index is 5.46. The molecule has 2 saturated carbocycles. The largest absolute Gasteiger partial charge is 0.380 e. The third-order valence-corrected chi connectivity index (χ3v) is 7.00. The summed E-state index contributed by atoms with van der Waals surface area (Å²) >= 11 is 0. The van der Waals surface area contributed by atoms with Crippen LogP contribution in [0.15, 0.2) is 30.5 Å². The van der Waals surface area contributed by atoms with Crippen molar-refractivity contribution in [2.75, 3.05) is 18.2 Å². The van der Waals surface area contributed by atoms with Crippen molar-refractivity contribution >= 4 is 16.9 Å². The number of rotatable bonds is 5. The summed E-state index contributed by atoms with van der Waals surface area (Å²) in [6, 6.07) is 8.57. The molecule has 2 aliphatic heterocycles. The van der Waals surface area contributed by atoms with Crippen LogP contribution in [0, 0.1) is 5.41 Å². The van der Waals surface area contributed by atoms with E-state index in [1.165, 1.54) is 12.8 Å². The molecular weight excluding hydrogens is 378 g/mol. The summed E-state index contributed by atoms with van der Waals surface area (Å²) in [5, 5.41) is 5.86. The number of hydrazine groups is 1. The summed E-state index contributed by atoms with van der Waals surface area (Å²) in [7, 11) is 0. The number of hydrogen-bond acceptors (Lipinski definition) is 7. The molecule has 1 atom stereocenters. The predicted octanol–water partition coefficient (Wildman–Crippen LogP) is 2.52. The number of imidazole rings is 1. The van der Waals surface area contributed by atoms with E-state index >= 15 is 0 Å². The van der Waals surface area contributed by atoms with Crippen LogP contribution in [-0.2, 0) is 11.3 Å². The summed E-state index contributed by atoms with van der Waals surface area (Å²) < 4.78 is 5.46. The van der Waals surface area contributed by atoms with Gasteiger partial charge in [-0.2, -0.15) is 0 Å². The number of hydrogen-bond donors (Lipinski definition) is 3. The van der Waals surface area contributed by atoms with Gasteiger partial charge < -0.3 is 9.72 Å². The number of nitrogens with one attached hydrogen (secondary N) is 3. The molecule has 3 N–H and O–H groups in total. The average molecular weight is 403 g/mol. The average Bonchev–Trinajstić information content (AvgIpc) is 3.37. The molecular formula is C22H25N7O. The standard InChI is InChI=1S/C22H25N7O/c1-2-4-16-15(3-1)25-18(26-16)10-24-20-19-21(27-17(9-23-19)13-5-6-13)29(28-20)14-7-22(8-14)11-30-12-22/h1-4,9,13-14,20,24,28H,5-8,10-12H2,(H,25,26). The Morgan fingerprint density at radius 3 is 2.80 bits per heavy atom. The Morgan fingerprint density at radius 2 is 2.03 bits per heavy atom. The third-order valence-electron chi connectivity index (χ3n) is 7.00. The maximum absolute atomic E-state index is 5.46. The number of aromatic nitrogens is 4. The monoisotopic (exact) mass is 403 g/mol. The molecule has 3 aromatic rings. The zero-order valence-corrected chi connectivity index (χ0v) is 16.8. The van der Waals surface area contributed by atoms with Crippen molar-refractivity contribution < 1.29 is 4.74 Å². The molecule has 0 amide bonds. The summed E-state index contributed by atoms with van der Waals surface area (Å²) in [4.78, 5) is 17.9. The molecule has 2 aromatic heterocycles. The molecule has 1 aromatic carbocycles. The van der Waals surface area contributed by atoms with Crippen LogP contribution in [-0.4, -0.2) is 39.2 Å². The van der Waals surface area contributed by atoms with Gasteiger partial charge in [-0.1, -0.05) is 12.1 Å². The van der Waals surface area contributed by atoms with Gasteiger partial charge in [0.15, 0.2) is 5.82 Å². The Labute approximate surface area is 174 Å². The van der Waals surface area contributed by atoms with E-state index in [-0.39, 0.29) is 6.17 Å². The van der Waals surface area contributed by atoms with Crippen LogP contribution in [0.25, 0.3) is 11.0 Å². The van der Waals surface area contributed by atoms with Gasteiger partial charge in [-0.25, -0.2) is 15.4 Å². The number of H-pyrrole nitrogens is 1. The number of ether oxygens (including phenoxy) is 1. The van der Waals surface area contributed by atoms with Gasteiger partial charge in [0.05, 0.1) is 36.5 Å². The number of para-hydroxylation sites is 2. The molecule has 1 spiro atoms. The zero-order chi connectivity index (χ0) is 19.7. The maximum Gasteiger partial charge on any atom is 0.168 e. The first-order valence-electron chi connectivity index (χ1n) is 10.9. The number of fused-ring (bicyclic) bond motifs is 2. The van der Waals surface area contributed by atoms with Crippen molar-refractivity contribution in [2.45, 2.75) is 50.4 Å². The Morgan fingerprint density at radius 1 is 1.17 bits per heavy atom. The quantitative estimate of drug-likeness (QED) is 0.603. The molecule has 154 valence electrons. The number of nitrogens with zero attached hydrogens (tertiary/aromatic N) is 4. The van der Waals surface area contributed by atoms with E-state index in [0.29, 0.717) is 23.9 Å². The second-order valence-electron chi connectivity index (χ2n) is 9.35. The van der Waals surface area contributed by atoms with Crippen molar-refractivity contribution in [3.63, 3.8) is 0 Å². The lowest BCUT2D eigenvalue weighted by atomic mass is 9.64. The van der Waals surface area contributed by atoms with E-state index in [4.69, 9.17) is 14.7 Å². The molecule has 8 heteroatoms. The molecule has 4 heterocycles. The SMILES string of the molecule is c1ccc2[nH]c(CNC3NN(C4CC5(COC5)C4)c4nc(C5CC5)cnc43)nc2c1. The number of anilines is 1. The van der Waals surface area contributed by atoms with Crippen LogP contribution in [0.2, 0.25) is 0 Å². The van der Waals surface area contributed by atoms with E-state index in [1.54, 1.807) is 0 Å². The highest BCUT2D eigenvalue weighted by Crippen LogP contribution is 2.51. The smallest absolute Gasteiger partial charge is 0.168 e. The minimum absolute atomic E-state index is 0.0665. The van der Waals surface area contributed by atoms with Gasteiger partial charge in [-0.05, 0) is 37.8 Å². The van der Waals surface area contributed by atoms with E-state index in [2.05, 4.69) is 31.8 Å². The Kier molecular flexibility index (Phi) is 3.56. The first-order chi connectivity index (χ1) is 14.8. The first kappa shape index (κ1) is 17.2.